The van der Waals surface area contributed by atoms with Crippen molar-refractivity contribution in [3.05, 3.63) is 11.9 Å². The molecule has 0 bridgehead atoms. The normalized spacial score (nSPS) is 21.9. The van der Waals surface area contributed by atoms with Crippen LogP contribution in [0.15, 0.2) is 6.20 Å². The molecule has 6 nitrogen and oxygen atoms in total. The summed E-state index contributed by atoms with van der Waals surface area (Å²) in [6.07, 6.45) is 11.4. The van der Waals surface area contributed by atoms with Crippen LogP contribution in [0.25, 0.3) is 0 Å². The van der Waals surface area contributed by atoms with Crippen LogP contribution in [0.4, 0.5) is 0 Å². The molecule has 1 N–H and O–H groups in total. The van der Waals surface area contributed by atoms with E-state index in [4.69, 9.17) is 0 Å². The van der Waals surface area contributed by atoms with Crippen molar-refractivity contribution in [2.24, 2.45) is 11.8 Å². The zero-order valence-electron chi connectivity index (χ0n) is 15.4. The maximum atomic E-state index is 12.8. The Bertz CT molecular complexity index is 541. The Balaban J connectivity index is 1.45. The van der Waals surface area contributed by atoms with Gasteiger partial charge < -0.3 is 10.0 Å². The van der Waals surface area contributed by atoms with Gasteiger partial charge in [0, 0.05) is 38.2 Å². The van der Waals surface area contributed by atoms with Gasteiger partial charge in [0.25, 0.3) is 0 Å². The molecule has 2 aliphatic rings. The molecule has 25 heavy (non-hydrogen) atoms. The van der Waals surface area contributed by atoms with Crippen LogP contribution in [0.5, 0.6) is 0 Å². The fourth-order valence-electron chi connectivity index (χ4n) is 4.21. The number of aromatic nitrogens is 3. The molecular formula is C19H32N4O2. The highest BCUT2D eigenvalue weighted by atomic mass is 16.3. The molecule has 1 saturated heterocycles. The number of nitrogens with zero attached hydrogens (tertiary/aromatic N) is 4. The van der Waals surface area contributed by atoms with Crippen molar-refractivity contribution in [2.45, 2.75) is 77.4 Å². The van der Waals surface area contributed by atoms with Crippen LogP contribution in [0, 0.1) is 11.8 Å². The number of hydrogen-bond donors (Lipinski definition) is 1. The lowest BCUT2D eigenvalue weighted by Gasteiger charge is -2.34. The number of piperidine rings is 1. The first-order valence-corrected chi connectivity index (χ1v) is 9.97. The molecule has 1 aromatic rings. The van der Waals surface area contributed by atoms with Gasteiger partial charge in [-0.2, -0.15) is 0 Å². The van der Waals surface area contributed by atoms with Crippen LogP contribution in [0.3, 0.4) is 0 Å². The molecule has 1 aromatic heterocycles. The lowest BCUT2D eigenvalue weighted by molar-refractivity contribution is -0.137. The highest BCUT2D eigenvalue weighted by Crippen LogP contribution is 2.27. The van der Waals surface area contributed by atoms with E-state index in [1.165, 1.54) is 25.7 Å². The Morgan fingerprint density at radius 2 is 1.88 bits per heavy atom. The summed E-state index contributed by atoms with van der Waals surface area (Å²) in [6, 6.07) is 0. The number of carbonyl (C=O) groups is 1. The summed E-state index contributed by atoms with van der Waals surface area (Å²) in [7, 11) is 0. The third kappa shape index (κ3) is 5.27. The molecule has 0 spiro atoms. The van der Waals surface area contributed by atoms with Crippen LogP contribution >= 0.6 is 0 Å². The van der Waals surface area contributed by atoms with E-state index in [0.29, 0.717) is 18.2 Å². The molecule has 140 valence electrons. The lowest BCUT2D eigenvalue weighted by atomic mass is 9.93. The van der Waals surface area contributed by atoms with Gasteiger partial charge in [0.2, 0.25) is 5.91 Å². The lowest BCUT2D eigenvalue weighted by Crippen LogP contribution is -2.42. The van der Waals surface area contributed by atoms with E-state index in [1.54, 1.807) is 6.92 Å². The van der Waals surface area contributed by atoms with E-state index in [0.717, 1.165) is 51.0 Å². The molecule has 3 rings (SSSR count). The number of likely N-dealkylation sites (tertiary alicyclic amines) is 1. The standard InChI is InChI=1S/C19H32N4O2/c1-15(24)12-18-14-23(21-20-18)13-16-8-10-22(11-9-16)19(25)17-6-4-2-3-5-7-17/h14-17,24H,2-13H2,1H3/t15-/m1/s1. The quantitative estimate of drug-likeness (QED) is 0.830. The first-order valence-electron chi connectivity index (χ1n) is 9.97. The van der Waals surface area contributed by atoms with Crippen molar-refractivity contribution in [2.75, 3.05) is 13.1 Å². The summed E-state index contributed by atoms with van der Waals surface area (Å²) in [5, 5.41) is 17.7. The van der Waals surface area contributed by atoms with Gasteiger partial charge in [0.05, 0.1) is 11.8 Å². The third-order valence-electron chi connectivity index (χ3n) is 5.67. The average molecular weight is 348 g/mol. The fourth-order valence-corrected chi connectivity index (χ4v) is 4.21. The Kier molecular flexibility index (Phi) is 6.45. The van der Waals surface area contributed by atoms with Gasteiger partial charge >= 0.3 is 0 Å². The second-order valence-corrected chi connectivity index (χ2v) is 7.94. The summed E-state index contributed by atoms with van der Waals surface area (Å²) in [5.74, 6) is 1.23. The Hall–Kier alpha value is -1.43. The molecule has 0 radical (unpaired) electrons. The van der Waals surface area contributed by atoms with E-state index < -0.39 is 0 Å². The molecule has 1 saturated carbocycles. The summed E-state index contributed by atoms with van der Waals surface area (Å²) < 4.78 is 1.89. The van der Waals surface area contributed by atoms with Crippen LogP contribution in [-0.4, -0.2) is 50.1 Å². The largest absolute Gasteiger partial charge is 0.393 e. The highest BCUT2D eigenvalue weighted by molar-refractivity contribution is 5.78. The molecule has 6 heteroatoms. The second kappa shape index (κ2) is 8.79. The van der Waals surface area contributed by atoms with E-state index in [-0.39, 0.29) is 12.0 Å². The minimum Gasteiger partial charge on any atom is -0.393 e. The predicted octanol–water partition coefficient (Wildman–Crippen LogP) is 2.41. The smallest absolute Gasteiger partial charge is 0.225 e. The van der Waals surface area contributed by atoms with Gasteiger partial charge in [-0.25, -0.2) is 0 Å². The van der Waals surface area contributed by atoms with E-state index in [1.807, 2.05) is 10.9 Å². The van der Waals surface area contributed by atoms with Gasteiger partial charge in [-0.05, 0) is 38.5 Å². The van der Waals surface area contributed by atoms with E-state index in [9.17, 15) is 9.90 Å². The van der Waals surface area contributed by atoms with Crippen LogP contribution in [0.1, 0.15) is 64.0 Å². The van der Waals surface area contributed by atoms with Gasteiger partial charge in [-0.3, -0.25) is 9.48 Å². The third-order valence-corrected chi connectivity index (χ3v) is 5.67. The first kappa shape index (κ1) is 18.4. The molecule has 1 atom stereocenters. The van der Waals surface area contributed by atoms with Crippen molar-refractivity contribution < 1.29 is 9.90 Å². The minimum atomic E-state index is -0.386. The molecule has 2 fully saturated rings. The monoisotopic (exact) mass is 348 g/mol. The summed E-state index contributed by atoms with van der Waals surface area (Å²) in [4.78, 5) is 14.9. The molecular weight excluding hydrogens is 316 g/mol. The molecule has 2 heterocycles. The topological polar surface area (TPSA) is 71.2 Å². The number of amides is 1. The zero-order valence-corrected chi connectivity index (χ0v) is 15.4. The van der Waals surface area contributed by atoms with Gasteiger partial charge in [-0.15, -0.1) is 5.10 Å². The molecule has 1 aliphatic heterocycles. The van der Waals surface area contributed by atoms with Gasteiger partial charge in [0.1, 0.15) is 0 Å². The van der Waals surface area contributed by atoms with Crippen LogP contribution in [-0.2, 0) is 17.8 Å². The second-order valence-electron chi connectivity index (χ2n) is 7.94. The average Bonchev–Trinajstić information content (AvgIpc) is 2.85. The number of rotatable bonds is 5. The summed E-state index contributed by atoms with van der Waals surface area (Å²) in [6.45, 7) is 4.39. The molecule has 0 aromatic carbocycles. The van der Waals surface area contributed by atoms with E-state index >= 15 is 0 Å². The Labute approximate surface area is 150 Å². The number of aliphatic hydroxyl groups is 1. The van der Waals surface area contributed by atoms with Crippen molar-refractivity contribution in [1.29, 1.82) is 0 Å². The van der Waals surface area contributed by atoms with E-state index in [2.05, 4.69) is 15.2 Å². The molecule has 0 unspecified atom stereocenters. The summed E-state index contributed by atoms with van der Waals surface area (Å²) >= 11 is 0. The SMILES string of the molecule is C[C@@H](O)Cc1cn(CC2CCN(C(=O)C3CCCCCC3)CC2)nn1. The van der Waals surface area contributed by atoms with Crippen molar-refractivity contribution in [3.8, 4) is 0 Å². The number of carbonyl (C=O) groups excluding carboxylic acids is 1. The minimum absolute atomic E-state index is 0.275. The zero-order chi connectivity index (χ0) is 17.6. The highest BCUT2D eigenvalue weighted by Gasteiger charge is 2.28. The maximum absolute atomic E-state index is 12.8. The van der Waals surface area contributed by atoms with Crippen LogP contribution in [0.2, 0.25) is 0 Å². The maximum Gasteiger partial charge on any atom is 0.225 e. The first-order chi connectivity index (χ1) is 12.1. The predicted molar refractivity (Wildman–Crippen MR) is 95.9 cm³/mol. The molecule has 1 aliphatic carbocycles. The fraction of sp³-hybridized carbons (Fsp3) is 0.842. The van der Waals surface area contributed by atoms with Gasteiger partial charge in [-0.1, -0.05) is 30.9 Å². The van der Waals surface area contributed by atoms with Crippen molar-refractivity contribution in [3.63, 3.8) is 0 Å². The van der Waals surface area contributed by atoms with Crippen molar-refractivity contribution in [1.82, 2.24) is 19.9 Å². The van der Waals surface area contributed by atoms with Crippen LogP contribution < -0.4 is 0 Å². The van der Waals surface area contributed by atoms with Crippen molar-refractivity contribution >= 4 is 5.91 Å². The Morgan fingerprint density at radius 1 is 1.20 bits per heavy atom. The summed E-state index contributed by atoms with van der Waals surface area (Å²) in [5.41, 5.74) is 0.843. The molecule has 1 amide bonds. The van der Waals surface area contributed by atoms with Gasteiger partial charge in [0.15, 0.2) is 0 Å². The Morgan fingerprint density at radius 3 is 2.52 bits per heavy atom. The number of aliphatic hydroxyl groups excluding tert-OH is 1. The number of hydrogen-bond acceptors (Lipinski definition) is 4.